The molecule has 1 aliphatic rings. The number of nitrogens with one attached hydrogen (secondary N) is 2. The summed E-state index contributed by atoms with van der Waals surface area (Å²) in [5.74, 6) is 1.71. The Hall–Kier alpha value is -3.99. The lowest BCUT2D eigenvalue weighted by molar-refractivity contribution is 0.0375. The molecule has 10 heteroatoms. The normalized spacial score (nSPS) is 13.5. The quantitative estimate of drug-likeness (QED) is 0.240. The van der Waals surface area contributed by atoms with E-state index in [1.807, 2.05) is 36.4 Å². The predicted octanol–water partition coefficient (Wildman–Crippen LogP) is 5.16. The zero-order chi connectivity index (χ0) is 28.4. The Labute approximate surface area is 244 Å². The number of hydrogen-bond acceptors (Lipinski definition) is 9. The molecule has 2 aromatic heterocycles. The van der Waals surface area contributed by atoms with E-state index in [0.29, 0.717) is 28.9 Å². The highest BCUT2D eigenvalue weighted by Crippen LogP contribution is 2.28. The van der Waals surface area contributed by atoms with Crippen LogP contribution in [0.2, 0.25) is 0 Å². The van der Waals surface area contributed by atoms with Crippen molar-refractivity contribution in [2.75, 3.05) is 52.4 Å². The summed E-state index contributed by atoms with van der Waals surface area (Å²) in [5.41, 5.74) is 3.87. The molecule has 1 saturated heterocycles. The zero-order valence-corrected chi connectivity index (χ0v) is 24.2. The van der Waals surface area contributed by atoms with Gasteiger partial charge in [-0.3, -0.25) is 9.69 Å². The van der Waals surface area contributed by atoms with Crippen LogP contribution < -0.4 is 20.1 Å². The van der Waals surface area contributed by atoms with Crippen LogP contribution in [0.1, 0.15) is 27.2 Å². The largest absolute Gasteiger partial charge is 0.497 e. The van der Waals surface area contributed by atoms with Gasteiger partial charge >= 0.3 is 0 Å². The number of methoxy groups -OCH3 is 2. The second-order valence-corrected chi connectivity index (χ2v) is 10.8. The number of anilines is 2. The Morgan fingerprint density at radius 3 is 2.59 bits per heavy atom. The first-order valence-electron chi connectivity index (χ1n) is 13.7. The molecule has 1 amide bonds. The first kappa shape index (κ1) is 28.5. The van der Waals surface area contributed by atoms with Crippen LogP contribution in [-0.2, 0) is 17.7 Å². The Morgan fingerprint density at radius 2 is 1.80 bits per heavy atom. The van der Waals surface area contributed by atoms with Crippen molar-refractivity contribution in [1.29, 1.82) is 0 Å². The van der Waals surface area contributed by atoms with Crippen molar-refractivity contribution in [3.63, 3.8) is 0 Å². The van der Waals surface area contributed by atoms with E-state index in [9.17, 15) is 4.79 Å². The molecule has 2 aromatic carbocycles. The van der Waals surface area contributed by atoms with Crippen LogP contribution in [0.25, 0.3) is 10.6 Å². The maximum Gasteiger partial charge on any atom is 0.261 e. The summed E-state index contributed by atoms with van der Waals surface area (Å²) in [4.78, 5) is 25.9. The highest BCUT2D eigenvalue weighted by atomic mass is 32.1. The van der Waals surface area contributed by atoms with Gasteiger partial charge in [-0.25, -0.2) is 9.97 Å². The number of rotatable bonds is 12. The fraction of sp³-hybridized carbons (Fsp3) is 0.323. The number of amides is 1. The van der Waals surface area contributed by atoms with Crippen molar-refractivity contribution in [2.24, 2.45) is 0 Å². The molecule has 1 fully saturated rings. The van der Waals surface area contributed by atoms with Crippen LogP contribution in [0.4, 0.5) is 11.6 Å². The molecule has 0 spiro atoms. The molecule has 9 nitrogen and oxygen atoms in total. The number of hydrogen-bond donors (Lipinski definition) is 2. The summed E-state index contributed by atoms with van der Waals surface area (Å²) in [5, 5.41) is 6.31. The Morgan fingerprint density at radius 1 is 1.00 bits per heavy atom. The van der Waals surface area contributed by atoms with E-state index in [-0.39, 0.29) is 5.91 Å². The average molecular weight is 574 g/mol. The number of nitrogens with zero attached hydrogens (tertiary/aromatic N) is 3. The molecule has 0 atom stereocenters. The molecule has 4 aromatic rings. The summed E-state index contributed by atoms with van der Waals surface area (Å²) in [7, 11) is 3.20. The Bertz CT molecular complexity index is 1430. The highest BCUT2D eigenvalue weighted by Gasteiger charge is 2.13. The monoisotopic (exact) mass is 573 g/mol. The van der Waals surface area contributed by atoms with Gasteiger partial charge < -0.3 is 24.8 Å². The molecular formula is C31H35N5O4S. The van der Waals surface area contributed by atoms with Gasteiger partial charge in [-0.15, -0.1) is 11.3 Å². The van der Waals surface area contributed by atoms with E-state index in [1.165, 1.54) is 16.9 Å². The lowest BCUT2D eigenvalue weighted by atomic mass is 10.1. The molecule has 0 bridgehead atoms. The van der Waals surface area contributed by atoms with Crippen LogP contribution in [0.5, 0.6) is 11.5 Å². The smallest absolute Gasteiger partial charge is 0.261 e. The van der Waals surface area contributed by atoms with Gasteiger partial charge in [0.2, 0.25) is 5.95 Å². The van der Waals surface area contributed by atoms with E-state index in [0.717, 1.165) is 67.5 Å². The lowest BCUT2D eigenvalue weighted by Gasteiger charge is -2.26. The van der Waals surface area contributed by atoms with Crippen molar-refractivity contribution < 1.29 is 19.0 Å². The van der Waals surface area contributed by atoms with Crippen molar-refractivity contribution in [3.05, 3.63) is 82.9 Å². The van der Waals surface area contributed by atoms with Crippen LogP contribution in [0.15, 0.2) is 66.9 Å². The van der Waals surface area contributed by atoms with E-state index >= 15 is 0 Å². The molecule has 2 N–H and O–H groups in total. The molecular weight excluding hydrogens is 538 g/mol. The molecule has 0 unspecified atom stereocenters. The molecule has 214 valence electrons. The van der Waals surface area contributed by atoms with Gasteiger partial charge in [0.05, 0.1) is 42.9 Å². The number of carbonyl (C=O) groups excluding carboxylic acids is 1. The summed E-state index contributed by atoms with van der Waals surface area (Å²) < 4.78 is 16.1. The molecule has 5 rings (SSSR count). The van der Waals surface area contributed by atoms with Crippen LogP contribution in [0, 0.1) is 0 Å². The predicted molar refractivity (Wildman–Crippen MR) is 161 cm³/mol. The number of carbonyl (C=O) groups is 1. The van der Waals surface area contributed by atoms with Crippen molar-refractivity contribution in [2.45, 2.75) is 19.4 Å². The third-order valence-corrected chi connectivity index (χ3v) is 7.94. The molecule has 0 saturated carbocycles. The topological polar surface area (TPSA) is 97.8 Å². The standard InChI is InChI=1S/C31H35N5O4S/c1-38-25-18-23(19-26(20-25)39-2)21-33-30(37)29-9-8-28(41-29)27-10-11-32-31(35-27)34-24-7-3-5-22(17-24)6-4-12-36-13-15-40-16-14-36/h3,5,7-11,17-20H,4,6,12-16,21H2,1-2H3,(H,33,37)(H,32,34,35). The fourth-order valence-corrected chi connectivity index (χ4v) is 5.55. The summed E-state index contributed by atoms with van der Waals surface area (Å²) in [6.07, 6.45) is 3.85. The molecule has 1 aliphatic heterocycles. The number of ether oxygens (including phenoxy) is 3. The molecule has 3 heterocycles. The number of aryl methyl sites for hydroxylation is 1. The van der Waals surface area contributed by atoms with Gasteiger partial charge in [0.15, 0.2) is 0 Å². The second kappa shape index (κ2) is 14.1. The zero-order valence-electron chi connectivity index (χ0n) is 23.4. The number of thiophene rings is 1. The molecule has 41 heavy (non-hydrogen) atoms. The molecule has 0 aliphatic carbocycles. The van der Waals surface area contributed by atoms with Gasteiger partial charge in [-0.05, 0) is 73.0 Å². The van der Waals surface area contributed by atoms with E-state index < -0.39 is 0 Å². The minimum Gasteiger partial charge on any atom is -0.497 e. The van der Waals surface area contributed by atoms with Gasteiger partial charge in [0, 0.05) is 37.6 Å². The van der Waals surface area contributed by atoms with Crippen LogP contribution in [-0.4, -0.2) is 67.8 Å². The van der Waals surface area contributed by atoms with Gasteiger partial charge in [-0.1, -0.05) is 12.1 Å². The second-order valence-electron chi connectivity index (χ2n) is 9.72. The number of aromatic nitrogens is 2. The fourth-order valence-electron chi connectivity index (χ4n) is 4.66. The summed E-state index contributed by atoms with van der Waals surface area (Å²) >= 11 is 1.39. The van der Waals surface area contributed by atoms with E-state index in [1.54, 1.807) is 26.5 Å². The maximum absolute atomic E-state index is 12.9. The third kappa shape index (κ3) is 8.03. The first-order valence-corrected chi connectivity index (χ1v) is 14.5. The average Bonchev–Trinajstić information content (AvgIpc) is 3.51. The summed E-state index contributed by atoms with van der Waals surface area (Å²) in [6, 6.07) is 19.5. The van der Waals surface area contributed by atoms with Crippen molar-refractivity contribution >= 4 is 28.9 Å². The van der Waals surface area contributed by atoms with Gasteiger partial charge in [0.1, 0.15) is 11.5 Å². The Balaban J connectivity index is 1.17. The number of benzene rings is 2. The lowest BCUT2D eigenvalue weighted by Crippen LogP contribution is -2.36. The SMILES string of the molecule is COc1cc(CNC(=O)c2ccc(-c3ccnc(Nc4cccc(CCCN5CCOCC5)c4)n3)s2)cc(OC)c1. The summed E-state index contributed by atoms with van der Waals surface area (Å²) in [6.45, 7) is 5.14. The molecule has 0 radical (unpaired) electrons. The highest BCUT2D eigenvalue weighted by molar-refractivity contribution is 7.17. The maximum atomic E-state index is 12.9. The minimum absolute atomic E-state index is 0.152. The van der Waals surface area contributed by atoms with Crippen LogP contribution >= 0.6 is 11.3 Å². The van der Waals surface area contributed by atoms with Crippen molar-refractivity contribution in [3.8, 4) is 22.1 Å². The van der Waals surface area contributed by atoms with E-state index in [4.69, 9.17) is 19.2 Å². The minimum atomic E-state index is -0.152. The first-order chi connectivity index (χ1) is 20.1. The van der Waals surface area contributed by atoms with E-state index in [2.05, 4.69) is 38.7 Å². The van der Waals surface area contributed by atoms with Gasteiger partial charge in [0.25, 0.3) is 5.91 Å². The van der Waals surface area contributed by atoms with Crippen LogP contribution in [0.3, 0.4) is 0 Å². The van der Waals surface area contributed by atoms with Crippen molar-refractivity contribution in [1.82, 2.24) is 20.2 Å². The Kier molecular flexibility index (Phi) is 9.79. The van der Waals surface area contributed by atoms with Gasteiger partial charge in [-0.2, -0.15) is 0 Å². The number of morpholine rings is 1. The third-order valence-electron chi connectivity index (χ3n) is 6.83.